The minimum Gasteiger partial charge on any atom is -0.462 e. The van der Waals surface area contributed by atoms with Crippen molar-refractivity contribution in [3.63, 3.8) is 0 Å². The largest absolute Gasteiger partial charge is 0.462 e. The molecule has 0 saturated heterocycles. The maximum atomic E-state index is 12.9. The summed E-state index contributed by atoms with van der Waals surface area (Å²) in [5, 5.41) is 0. The van der Waals surface area contributed by atoms with Crippen molar-refractivity contribution >= 4 is 17.9 Å². The predicted molar refractivity (Wildman–Crippen MR) is 348 cm³/mol. The number of hydrogen-bond acceptors (Lipinski definition) is 6. The maximum Gasteiger partial charge on any atom is 0.306 e. The van der Waals surface area contributed by atoms with E-state index in [0.29, 0.717) is 19.3 Å². The highest BCUT2D eigenvalue weighted by Crippen LogP contribution is 2.17. The second-order valence-corrected chi connectivity index (χ2v) is 23.4. The van der Waals surface area contributed by atoms with E-state index in [2.05, 4.69) is 93.7 Å². The van der Waals surface area contributed by atoms with Crippen LogP contribution >= 0.6 is 0 Å². The fourth-order valence-electron chi connectivity index (χ4n) is 10.1. The Labute approximate surface area is 497 Å². The Morgan fingerprint density at radius 2 is 0.450 bits per heavy atom. The zero-order valence-electron chi connectivity index (χ0n) is 53.3. The molecule has 0 amide bonds. The molecule has 0 aromatic rings. The third-order valence-electron chi connectivity index (χ3n) is 15.4. The van der Waals surface area contributed by atoms with Gasteiger partial charge < -0.3 is 14.2 Å². The molecule has 0 heterocycles. The van der Waals surface area contributed by atoms with E-state index < -0.39 is 6.10 Å². The van der Waals surface area contributed by atoms with E-state index in [1.54, 1.807) is 0 Å². The molecule has 0 radical (unpaired) electrons. The fraction of sp³-hybridized carbons (Fsp3) is 0.797. The molecule has 464 valence electrons. The van der Waals surface area contributed by atoms with Gasteiger partial charge >= 0.3 is 17.9 Å². The van der Waals surface area contributed by atoms with Crippen molar-refractivity contribution in [2.45, 2.75) is 367 Å². The second kappa shape index (κ2) is 68.3. The van der Waals surface area contributed by atoms with Crippen LogP contribution in [-0.2, 0) is 28.6 Å². The zero-order valence-corrected chi connectivity index (χ0v) is 53.3. The van der Waals surface area contributed by atoms with Gasteiger partial charge in [0.1, 0.15) is 13.2 Å². The first-order chi connectivity index (χ1) is 39.5. The van der Waals surface area contributed by atoms with Gasteiger partial charge in [-0.05, 0) is 116 Å². The zero-order chi connectivity index (χ0) is 57.8. The Hall–Kier alpha value is -3.15. The van der Waals surface area contributed by atoms with E-state index in [-0.39, 0.29) is 31.1 Å². The number of allylic oxidation sites excluding steroid dienone is 12. The molecule has 0 aliphatic rings. The molecule has 1 unspecified atom stereocenters. The first kappa shape index (κ1) is 76.9. The maximum absolute atomic E-state index is 12.9. The predicted octanol–water partition coefficient (Wildman–Crippen LogP) is 24.1. The quantitative estimate of drug-likeness (QED) is 0.0261. The van der Waals surface area contributed by atoms with Crippen molar-refractivity contribution in [2.75, 3.05) is 13.2 Å². The van der Waals surface area contributed by atoms with Crippen LogP contribution in [0.2, 0.25) is 0 Å². The summed E-state index contributed by atoms with van der Waals surface area (Å²) in [6.07, 6.45) is 89.2. The smallest absolute Gasteiger partial charge is 0.306 e. The van der Waals surface area contributed by atoms with E-state index in [9.17, 15) is 14.4 Å². The van der Waals surface area contributed by atoms with E-state index in [0.717, 1.165) is 83.5 Å². The number of ether oxygens (including phenoxy) is 3. The van der Waals surface area contributed by atoms with Gasteiger partial charge in [-0.3, -0.25) is 14.4 Å². The van der Waals surface area contributed by atoms with Crippen molar-refractivity contribution in [1.82, 2.24) is 0 Å². The average Bonchev–Trinajstić information content (AvgIpc) is 3.46. The van der Waals surface area contributed by atoms with Crippen molar-refractivity contribution in [3.05, 3.63) is 72.9 Å². The molecule has 0 saturated carbocycles. The van der Waals surface area contributed by atoms with Crippen LogP contribution in [0.25, 0.3) is 0 Å². The number of unbranched alkanes of at least 4 members (excludes halogenated alkanes) is 41. The van der Waals surface area contributed by atoms with Gasteiger partial charge in [-0.2, -0.15) is 0 Å². The summed E-state index contributed by atoms with van der Waals surface area (Å²) in [5.41, 5.74) is 0. The van der Waals surface area contributed by atoms with Crippen molar-refractivity contribution < 1.29 is 28.6 Å². The lowest BCUT2D eigenvalue weighted by atomic mass is 10.0. The molecule has 80 heavy (non-hydrogen) atoms. The fourth-order valence-corrected chi connectivity index (χ4v) is 10.1. The lowest BCUT2D eigenvalue weighted by molar-refractivity contribution is -0.167. The lowest BCUT2D eigenvalue weighted by Crippen LogP contribution is -2.30. The summed E-state index contributed by atoms with van der Waals surface area (Å²) >= 11 is 0. The summed E-state index contributed by atoms with van der Waals surface area (Å²) < 4.78 is 17.0. The molecule has 6 heteroatoms. The minimum atomic E-state index is -0.781. The highest BCUT2D eigenvalue weighted by molar-refractivity contribution is 5.71. The van der Waals surface area contributed by atoms with Crippen LogP contribution in [0.4, 0.5) is 0 Å². The average molecular weight is 1120 g/mol. The van der Waals surface area contributed by atoms with Crippen LogP contribution < -0.4 is 0 Å². The second-order valence-electron chi connectivity index (χ2n) is 23.4. The summed E-state index contributed by atoms with van der Waals surface area (Å²) in [5.74, 6) is -0.873. The van der Waals surface area contributed by atoms with E-state index >= 15 is 0 Å². The lowest BCUT2D eigenvalue weighted by Gasteiger charge is -2.18. The molecule has 0 rings (SSSR count). The third-order valence-corrected chi connectivity index (χ3v) is 15.4. The van der Waals surface area contributed by atoms with E-state index in [4.69, 9.17) is 14.2 Å². The van der Waals surface area contributed by atoms with Crippen molar-refractivity contribution in [1.29, 1.82) is 0 Å². The standard InChI is InChI=1S/C74H132O6/c1-4-7-10-13-16-19-22-25-27-29-31-33-35-36-37-38-40-41-43-45-47-49-52-55-58-61-64-67-73(76)79-70-71(69-78-72(75)66-63-60-57-54-51-24-21-18-15-12-9-6-3)80-74(77)68-65-62-59-56-53-50-48-46-44-42-39-34-32-30-28-26-23-20-17-14-11-8-5-2/h18,21-23,25-26,29-32,35-36,71H,4-17,19-20,24,27-28,33-34,37-70H2,1-3H3/b21-18-,25-22-,26-23-,31-29-,32-30-,36-35-. The molecule has 0 aromatic heterocycles. The number of esters is 3. The van der Waals surface area contributed by atoms with Gasteiger partial charge in [0.2, 0.25) is 0 Å². The molecule has 0 bridgehead atoms. The molecule has 0 aromatic carbocycles. The highest BCUT2D eigenvalue weighted by atomic mass is 16.6. The van der Waals surface area contributed by atoms with E-state index in [1.165, 1.54) is 238 Å². The highest BCUT2D eigenvalue weighted by Gasteiger charge is 2.19. The molecule has 1 atom stereocenters. The number of rotatable bonds is 64. The van der Waals surface area contributed by atoms with Crippen LogP contribution in [0.1, 0.15) is 361 Å². The normalized spacial score (nSPS) is 12.5. The van der Waals surface area contributed by atoms with Gasteiger partial charge in [0.15, 0.2) is 6.10 Å². The van der Waals surface area contributed by atoms with Gasteiger partial charge in [0.05, 0.1) is 0 Å². The Balaban J connectivity index is 4.25. The first-order valence-corrected chi connectivity index (χ1v) is 34.9. The molecular formula is C74H132O6. The van der Waals surface area contributed by atoms with Crippen molar-refractivity contribution in [2.24, 2.45) is 0 Å². The summed E-state index contributed by atoms with van der Waals surface area (Å²) in [4.78, 5) is 38.4. The summed E-state index contributed by atoms with van der Waals surface area (Å²) in [6, 6.07) is 0. The number of hydrogen-bond donors (Lipinski definition) is 0. The van der Waals surface area contributed by atoms with Crippen LogP contribution in [0.3, 0.4) is 0 Å². The SMILES string of the molecule is CCCCC/C=C\CCCCCCCC(=O)OCC(COC(=O)CCCCCCCCCCCCCC/C=C\C/C=C\C/C=C\CCCCCCC)OC(=O)CCCCCCCCCCCCC/C=C\C/C=C\CCCCCCC. The monoisotopic (exact) mass is 1120 g/mol. The molecule has 0 spiro atoms. The summed E-state index contributed by atoms with van der Waals surface area (Å²) in [7, 11) is 0. The van der Waals surface area contributed by atoms with Crippen LogP contribution in [0, 0.1) is 0 Å². The van der Waals surface area contributed by atoms with Crippen LogP contribution in [0.5, 0.6) is 0 Å². The molecule has 0 fully saturated rings. The molecule has 0 aliphatic carbocycles. The summed E-state index contributed by atoms with van der Waals surface area (Å²) in [6.45, 7) is 6.63. The Kier molecular flexibility index (Phi) is 65.7. The van der Waals surface area contributed by atoms with Crippen LogP contribution in [-0.4, -0.2) is 37.2 Å². The van der Waals surface area contributed by atoms with Gasteiger partial charge in [-0.25, -0.2) is 0 Å². The topological polar surface area (TPSA) is 78.9 Å². The van der Waals surface area contributed by atoms with Gasteiger partial charge in [-0.15, -0.1) is 0 Å². The molecular weight excluding hydrogens is 985 g/mol. The van der Waals surface area contributed by atoms with E-state index in [1.807, 2.05) is 0 Å². The first-order valence-electron chi connectivity index (χ1n) is 34.9. The number of carbonyl (C=O) groups is 3. The van der Waals surface area contributed by atoms with Gasteiger partial charge in [0, 0.05) is 19.3 Å². The molecule has 0 aliphatic heterocycles. The van der Waals surface area contributed by atoms with Gasteiger partial charge in [-0.1, -0.05) is 299 Å². The number of carbonyl (C=O) groups excluding carboxylic acids is 3. The molecule has 6 nitrogen and oxygen atoms in total. The Morgan fingerprint density at radius 1 is 0.250 bits per heavy atom. The van der Waals surface area contributed by atoms with Crippen molar-refractivity contribution in [3.8, 4) is 0 Å². The van der Waals surface area contributed by atoms with Gasteiger partial charge in [0.25, 0.3) is 0 Å². The minimum absolute atomic E-state index is 0.0775. The molecule has 0 N–H and O–H groups in total. The third kappa shape index (κ3) is 65.7. The Morgan fingerprint density at radius 3 is 0.738 bits per heavy atom. The van der Waals surface area contributed by atoms with Crippen LogP contribution in [0.15, 0.2) is 72.9 Å². The Bertz CT molecular complexity index is 1470.